The fraction of sp³-hybridized carbons (Fsp3) is 1.00. The third-order valence-corrected chi connectivity index (χ3v) is 4.00. The van der Waals surface area contributed by atoms with Crippen molar-refractivity contribution in [1.82, 2.24) is 10.2 Å². The van der Waals surface area contributed by atoms with Crippen LogP contribution in [0.3, 0.4) is 0 Å². The van der Waals surface area contributed by atoms with Crippen molar-refractivity contribution in [2.75, 3.05) is 26.3 Å². The summed E-state index contributed by atoms with van der Waals surface area (Å²) in [6, 6.07) is 2.17. The number of hydrogen-bond acceptors (Lipinski definition) is 3. The molecule has 0 aliphatic carbocycles. The summed E-state index contributed by atoms with van der Waals surface area (Å²) in [6.45, 7) is 8.93. The molecule has 2 rings (SSSR count). The van der Waals surface area contributed by atoms with Gasteiger partial charge in [-0.1, -0.05) is 13.3 Å². The summed E-state index contributed by atoms with van der Waals surface area (Å²) in [4.78, 5) is 2.72. The van der Waals surface area contributed by atoms with Crippen LogP contribution in [0.1, 0.15) is 39.5 Å². The third kappa shape index (κ3) is 2.96. The van der Waals surface area contributed by atoms with Crippen LogP contribution in [-0.2, 0) is 4.74 Å². The van der Waals surface area contributed by atoms with E-state index in [0.717, 1.165) is 25.8 Å². The van der Waals surface area contributed by atoms with Gasteiger partial charge in [0.15, 0.2) is 0 Å². The predicted molar refractivity (Wildman–Crippen MR) is 66.7 cm³/mol. The van der Waals surface area contributed by atoms with Crippen LogP contribution in [-0.4, -0.2) is 49.3 Å². The van der Waals surface area contributed by atoms with E-state index in [1.807, 2.05) is 0 Å². The first-order chi connectivity index (χ1) is 7.81. The molecule has 0 bridgehead atoms. The Hall–Kier alpha value is -0.120. The highest BCUT2D eigenvalue weighted by Gasteiger charge is 2.30. The molecule has 0 amide bonds. The second kappa shape index (κ2) is 5.99. The Morgan fingerprint density at radius 2 is 2.06 bits per heavy atom. The maximum atomic E-state index is 5.46. The van der Waals surface area contributed by atoms with E-state index in [-0.39, 0.29) is 0 Å². The molecule has 0 aromatic rings. The van der Waals surface area contributed by atoms with E-state index in [1.165, 1.54) is 32.2 Å². The molecule has 0 aromatic carbocycles. The monoisotopic (exact) mass is 226 g/mol. The lowest BCUT2D eigenvalue weighted by Gasteiger charge is -2.44. The standard InChI is InChI=1S/C13H26N2O/c1-3-4-12-10-15(11(2)9-14-12)13-5-7-16-8-6-13/h11-14H,3-10H2,1-2H3. The molecule has 2 unspecified atom stereocenters. The molecule has 0 saturated carbocycles. The summed E-state index contributed by atoms with van der Waals surface area (Å²) in [6.07, 6.45) is 5.05. The topological polar surface area (TPSA) is 24.5 Å². The van der Waals surface area contributed by atoms with Gasteiger partial charge in [0.1, 0.15) is 0 Å². The Balaban J connectivity index is 1.89. The van der Waals surface area contributed by atoms with Crippen LogP contribution in [0.5, 0.6) is 0 Å². The maximum Gasteiger partial charge on any atom is 0.0480 e. The van der Waals surface area contributed by atoms with Crippen LogP contribution in [0.4, 0.5) is 0 Å². The van der Waals surface area contributed by atoms with E-state index in [9.17, 15) is 0 Å². The molecule has 16 heavy (non-hydrogen) atoms. The fourth-order valence-electron chi connectivity index (χ4n) is 3.02. The molecule has 0 aromatic heterocycles. The van der Waals surface area contributed by atoms with E-state index in [4.69, 9.17) is 4.74 Å². The number of rotatable bonds is 3. The van der Waals surface area contributed by atoms with Crippen LogP contribution in [0.25, 0.3) is 0 Å². The van der Waals surface area contributed by atoms with Gasteiger partial charge in [-0.3, -0.25) is 4.90 Å². The van der Waals surface area contributed by atoms with E-state index < -0.39 is 0 Å². The summed E-state index contributed by atoms with van der Waals surface area (Å²) in [5.41, 5.74) is 0. The first kappa shape index (κ1) is 12.3. The molecular formula is C13H26N2O. The number of piperazine rings is 1. The lowest BCUT2D eigenvalue weighted by atomic mass is 9.99. The van der Waals surface area contributed by atoms with Crippen LogP contribution in [0, 0.1) is 0 Å². The van der Waals surface area contributed by atoms with E-state index >= 15 is 0 Å². The minimum atomic E-state index is 0.691. The fourth-order valence-corrected chi connectivity index (χ4v) is 3.02. The van der Waals surface area contributed by atoms with Gasteiger partial charge in [0.2, 0.25) is 0 Å². The molecule has 2 saturated heterocycles. The zero-order chi connectivity index (χ0) is 11.4. The second-order valence-electron chi connectivity index (χ2n) is 5.28. The smallest absolute Gasteiger partial charge is 0.0480 e. The van der Waals surface area contributed by atoms with Gasteiger partial charge in [-0.15, -0.1) is 0 Å². The highest BCUT2D eigenvalue weighted by molar-refractivity contribution is 4.88. The number of ether oxygens (including phenoxy) is 1. The molecule has 94 valence electrons. The zero-order valence-electron chi connectivity index (χ0n) is 10.7. The van der Waals surface area contributed by atoms with Gasteiger partial charge in [-0.2, -0.15) is 0 Å². The van der Waals surface area contributed by atoms with Gasteiger partial charge in [-0.05, 0) is 26.2 Å². The van der Waals surface area contributed by atoms with Crippen molar-refractivity contribution in [3.8, 4) is 0 Å². The van der Waals surface area contributed by atoms with Gasteiger partial charge < -0.3 is 10.1 Å². The first-order valence-corrected chi connectivity index (χ1v) is 6.88. The number of nitrogens with one attached hydrogen (secondary N) is 1. The maximum absolute atomic E-state index is 5.46. The highest BCUT2D eigenvalue weighted by atomic mass is 16.5. The second-order valence-corrected chi connectivity index (χ2v) is 5.28. The van der Waals surface area contributed by atoms with Crippen molar-refractivity contribution < 1.29 is 4.74 Å². The van der Waals surface area contributed by atoms with E-state index in [0.29, 0.717) is 12.1 Å². The van der Waals surface area contributed by atoms with Crippen molar-refractivity contribution in [3.05, 3.63) is 0 Å². The summed E-state index contributed by atoms with van der Waals surface area (Å²) in [7, 11) is 0. The van der Waals surface area contributed by atoms with Gasteiger partial charge >= 0.3 is 0 Å². The molecule has 2 atom stereocenters. The van der Waals surface area contributed by atoms with Crippen LogP contribution in [0.2, 0.25) is 0 Å². The molecule has 2 aliphatic heterocycles. The molecule has 3 heteroatoms. The Morgan fingerprint density at radius 1 is 1.31 bits per heavy atom. The summed E-state index contributed by atoms with van der Waals surface area (Å²) in [5, 5.41) is 3.67. The molecule has 2 aliphatic rings. The minimum absolute atomic E-state index is 0.691. The minimum Gasteiger partial charge on any atom is -0.381 e. The van der Waals surface area contributed by atoms with Gasteiger partial charge in [-0.25, -0.2) is 0 Å². The SMILES string of the molecule is CCCC1CN(C2CCOCC2)C(C)CN1. The Labute approximate surface area is 99.5 Å². The largest absolute Gasteiger partial charge is 0.381 e. The van der Waals surface area contributed by atoms with Crippen LogP contribution < -0.4 is 5.32 Å². The van der Waals surface area contributed by atoms with Crippen molar-refractivity contribution in [1.29, 1.82) is 0 Å². The summed E-state index contributed by atoms with van der Waals surface area (Å²) >= 11 is 0. The lowest BCUT2D eigenvalue weighted by molar-refractivity contribution is 0.00378. The molecule has 1 N–H and O–H groups in total. The average molecular weight is 226 g/mol. The molecule has 2 heterocycles. The molecule has 3 nitrogen and oxygen atoms in total. The highest BCUT2D eigenvalue weighted by Crippen LogP contribution is 2.20. The first-order valence-electron chi connectivity index (χ1n) is 6.88. The van der Waals surface area contributed by atoms with E-state index in [2.05, 4.69) is 24.1 Å². The Bertz CT molecular complexity index is 204. The van der Waals surface area contributed by atoms with Crippen molar-refractivity contribution >= 4 is 0 Å². The molecular weight excluding hydrogens is 200 g/mol. The molecule has 0 radical (unpaired) electrons. The normalized spacial score (nSPS) is 34.1. The Morgan fingerprint density at radius 3 is 2.75 bits per heavy atom. The van der Waals surface area contributed by atoms with Gasteiger partial charge in [0.05, 0.1) is 0 Å². The lowest BCUT2D eigenvalue weighted by Crippen LogP contribution is -2.59. The van der Waals surface area contributed by atoms with Crippen LogP contribution in [0.15, 0.2) is 0 Å². The van der Waals surface area contributed by atoms with Gasteiger partial charge in [0.25, 0.3) is 0 Å². The quantitative estimate of drug-likeness (QED) is 0.791. The van der Waals surface area contributed by atoms with Crippen molar-refractivity contribution in [2.24, 2.45) is 0 Å². The summed E-state index contributed by atoms with van der Waals surface area (Å²) < 4.78 is 5.46. The predicted octanol–water partition coefficient (Wildman–Crippen LogP) is 1.63. The van der Waals surface area contributed by atoms with Crippen molar-refractivity contribution in [2.45, 2.75) is 57.7 Å². The number of nitrogens with zero attached hydrogens (tertiary/aromatic N) is 1. The third-order valence-electron chi connectivity index (χ3n) is 4.00. The summed E-state index contributed by atoms with van der Waals surface area (Å²) in [5.74, 6) is 0. The zero-order valence-corrected chi connectivity index (χ0v) is 10.7. The number of hydrogen-bond donors (Lipinski definition) is 1. The van der Waals surface area contributed by atoms with Crippen molar-refractivity contribution in [3.63, 3.8) is 0 Å². The molecule has 0 spiro atoms. The van der Waals surface area contributed by atoms with Crippen LogP contribution >= 0.6 is 0 Å². The van der Waals surface area contributed by atoms with E-state index in [1.54, 1.807) is 0 Å². The van der Waals surface area contributed by atoms with Gasteiger partial charge in [0, 0.05) is 44.4 Å². The molecule has 2 fully saturated rings. The Kier molecular flexibility index (Phi) is 4.62. The average Bonchev–Trinajstić information content (AvgIpc) is 2.33.